The molecule has 0 aromatic rings. The van der Waals surface area contributed by atoms with Crippen LogP contribution in [0, 0.1) is 0 Å². The summed E-state index contributed by atoms with van der Waals surface area (Å²) in [6.45, 7) is 4.80. The van der Waals surface area contributed by atoms with E-state index in [0.717, 1.165) is 13.0 Å². The maximum atomic E-state index is 11.5. The summed E-state index contributed by atoms with van der Waals surface area (Å²) in [6, 6.07) is 0.530. The maximum Gasteiger partial charge on any atom is 0.236 e. The van der Waals surface area contributed by atoms with E-state index >= 15 is 0 Å². The molecule has 0 aromatic carbocycles. The highest BCUT2D eigenvalue weighted by molar-refractivity contribution is 5.81. The summed E-state index contributed by atoms with van der Waals surface area (Å²) in [4.78, 5) is 11.5. The maximum absolute atomic E-state index is 11.5. The molecule has 0 heterocycles. The van der Waals surface area contributed by atoms with Gasteiger partial charge in [-0.3, -0.25) is 4.79 Å². The van der Waals surface area contributed by atoms with E-state index in [1.165, 1.54) is 25.7 Å². The standard InChI is InChI=1S/C11H22N2O/c1-3-8-12-11(14)9(2)13-10-6-4-5-7-10/h9-10,13H,3-8H2,1-2H3,(H,12,14). The molecular weight excluding hydrogens is 176 g/mol. The van der Waals surface area contributed by atoms with Gasteiger partial charge < -0.3 is 10.6 Å². The van der Waals surface area contributed by atoms with Gasteiger partial charge in [0.05, 0.1) is 6.04 Å². The molecule has 3 heteroatoms. The smallest absolute Gasteiger partial charge is 0.236 e. The minimum atomic E-state index is -0.0374. The van der Waals surface area contributed by atoms with Gasteiger partial charge in [0.1, 0.15) is 0 Å². The number of carbonyl (C=O) groups is 1. The zero-order valence-electron chi connectivity index (χ0n) is 9.31. The third kappa shape index (κ3) is 3.66. The van der Waals surface area contributed by atoms with E-state index < -0.39 is 0 Å². The second kappa shape index (κ2) is 6.02. The summed E-state index contributed by atoms with van der Waals surface area (Å²) in [6.07, 6.45) is 6.07. The molecule has 0 saturated heterocycles. The highest BCUT2D eigenvalue weighted by atomic mass is 16.2. The lowest BCUT2D eigenvalue weighted by Gasteiger charge is -2.18. The van der Waals surface area contributed by atoms with Crippen molar-refractivity contribution in [2.45, 2.75) is 58.0 Å². The lowest BCUT2D eigenvalue weighted by atomic mass is 10.2. The summed E-state index contributed by atoms with van der Waals surface area (Å²) in [5, 5.41) is 6.28. The van der Waals surface area contributed by atoms with Gasteiger partial charge in [0.15, 0.2) is 0 Å². The fourth-order valence-corrected chi connectivity index (χ4v) is 1.92. The molecule has 0 radical (unpaired) electrons. The van der Waals surface area contributed by atoms with Crippen LogP contribution in [0.15, 0.2) is 0 Å². The fraction of sp³-hybridized carbons (Fsp3) is 0.909. The van der Waals surface area contributed by atoms with Crippen LogP contribution < -0.4 is 10.6 Å². The van der Waals surface area contributed by atoms with Gasteiger partial charge in [-0.15, -0.1) is 0 Å². The molecule has 1 rings (SSSR count). The Morgan fingerprint density at radius 1 is 1.43 bits per heavy atom. The fourth-order valence-electron chi connectivity index (χ4n) is 1.92. The van der Waals surface area contributed by atoms with Gasteiger partial charge in [0.25, 0.3) is 0 Å². The first kappa shape index (κ1) is 11.5. The minimum absolute atomic E-state index is 0.0374. The molecule has 0 spiro atoms. The van der Waals surface area contributed by atoms with Crippen molar-refractivity contribution < 1.29 is 4.79 Å². The summed E-state index contributed by atoms with van der Waals surface area (Å²) in [5.74, 6) is 0.138. The third-order valence-electron chi connectivity index (χ3n) is 2.78. The van der Waals surface area contributed by atoms with Gasteiger partial charge in [0.2, 0.25) is 5.91 Å². The second-order valence-corrected chi connectivity index (χ2v) is 4.16. The van der Waals surface area contributed by atoms with Crippen molar-refractivity contribution in [3.63, 3.8) is 0 Å². The molecule has 1 unspecified atom stereocenters. The minimum Gasteiger partial charge on any atom is -0.355 e. The number of hydrogen-bond donors (Lipinski definition) is 2. The van der Waals surface area contributed by atoms with E-state index in [1.54, 1.807) is 0 Å². The molecule has 1 amide bonds. The summed E-state index contributed by atoms with van der Waals surface area (Å²) in [5.41, 5.74) is 0. The van der Waals surface area contributed by atoms with Crippen LogP contribution in [0.5, 0.6) is 0 Å². The van der Waals surface area contributed by atoms with Crippen molar-refractivity contribution in [3.8, 4) is 0 Å². The van der Waals surface area contributed by atoms with Crippen LogP contribution in [0.2, 0.25) is 0 Å². The number of carbonyl (C=O) groups excluding carboxylic acids is 1. The predicted octanol–water partition coefficient (Wildman–Crippen LogP) is 1.43. The number of nitrogens with one attached hydrogen (secondary N) is 2. The highest BCUT2D eigenvalue weighted by Crippen LogP contribution is 2.17. The molecular formula is C11H22N2O. The van der Waals surface area contributed by atoms with Crippen LogP contribution in [-0.4, -0.2) is 24.5 Å². The highest BCUT2D eigenvalue weighted by Gasteiger charge is 2.20. The van der Waals surface area contributed by atoms with Crippen molar-refractivity contribution in [2.75, 3.05) is 6.54 Å². The van der Waals surface area contributed by atoms with Crippen LogP contribution >= 0.6 is 0 Å². The zero-order valence-corrected chi connectivity index (χ0v) is 9.31. The van der Waals surface area contributed by atoms with Crippen molar-refractivity contribution >= 4 is 5.91 Å². The molecule has 0 bridgehead atoms. The molecule has 3 nitrogen and oxygen atoms in total. The number of amides is 1. The van der Waals surface area contributed by atoms with Crippen LogP contribution in [-0.2, 0) is 4.79 Å². The molecule has 2 N–H and O–H groups in total. The average molecular weight is 198 g/mol. The quantitative estimate of drug-likeness (QED) is 0.701. The van der Waals surface area contributed by atoms with Gasteiger partial charge in [-0.2, -0.15) is 0 Å². The lowest BCUT2D eigenvalue weighted by molar-refractivity contribution is -0.122. The first-order chi connectivity index (χ1) is 6.74. The number of rotatable bonds is 5. The summed E-state index contributed by atoms with van der Waals surface area (Å²) < 4.78 is 0. The average Bonchev–Trinajstić information content (AvgIpc) is 2.66. The first-order valence-electron chi connectivity index (χ1n) is 5.77. The molecule has 1 aliphatic carbocycles. The topological polar surface area (TPSA) is 41.1 Å². The van der Waals surface area contributed by atoms with E-state index in [1.807, 2.05) is 6.92 Å². The SMILES string of the molecule is CCCNC(=O)C(C)NC1CCCC1. The summed E-state index contributed by atoms with van der Waals surface area (Å²) >= 11 is 0. The van der Waals surface area contributed by atoms with Gasteiger partial charge in [-0.1, -0.05) is 19.8 Å². The Labute approximate surface area is 86.6 Å². The molecule has 82 valence electrons. The van der Waals surface area contributed by atoms with Crippen LogP contribution in [0.3, 0.4) is 0 Å². The van der Waals surface area contributed by atoms with E-state index in [4.69, 9.17) is 0 Å². The van der Waals surface area contributed by atoms with Gasteiger partial charge in [-0.25, -0.2) is 0 Å². The number of hydrogen-bond acceptors (Lipinski definition) is 2. The van der Waals surface area contributed by atoms with E-state index in [9.17, 15) is 4.79 Å². The van der Waals surface area contributed by atoms with Crippen molar-refractivity contribution in [1.82, 2.24) is 10.6 Å². The van der Waals surface area contributed by atoms with Gasteiger partial charge in [0, 0.05) is 12.6 Å². The third-order valence-corrected chi connectivity index (χ3v) is 2.78. The Kier molecular flexibility index (Phi) is 4.94. The largest absolute Gasteiger partial charge is 0.355 e. The normalized spacial score (nSPS) is 19.6. The van der Waals surface area contributed by atoms with Crippen LogP contribution in [0.25, 0.3) is 0 Å². The molecule has 1 aliphatic rings. The first-order valence-corrected chi connectivity index (χ1v) is 5.77. The molecule has 0 aromatic heterocycles. The lowest BCUT2D eigenvalue weighted by Crippen LogP contribution is -2.45. The monoisotopic (exact) mass is 198 g/mol. The Morgan fingerprint density at radius 3 is 2.64 bits per heavy atom. The zero-order chi connectivity index (χ0) is 10.4. The Bertz CT molecular complexity index is 176. The molecule has 14 heavy (non-hydrogen) atoms. The Morgan fingerprint density at radius 2 is 2.07 bits per heavy atom. The van der Waals surface area contributed by atoms with Crippen LogP contribution in [0.1, 0.15) is 46.0 Å². The van der Waals surface area contributed by atoms with Crippen molar-refractivity contribution in [2.24, 2.45) is 0 Å². The Balaban J connectivity index is 2.18. The van der Waals surface area contributed by atoms with E-state index in [-0.39, 0.29) is 11.9 Å². The molecule has 1 saturated carbocycles. The van der Waals surface area contributed by atoms with E-state index in [2.05, 4.69) is 17.6 Å². The molecule has 0 aliphatic heterocycles. The van der Waals surface area contributed by atoms with Gasteiger partial charge >= 0.3 is 0 Å². The van der Waals surface area contributed by atoms with Crippen molar-refractivity contribution in [1.29, 1.82) is 0 Å². The van der Waals surface area contributed by atoms with Gasteiger partial charge in [-0.05, 0) is 26.2 Å². The second-order valence-electron chi connectivity index (χ2n) is 4.16. The summed E-state index contributed by atoms with van der Waals surface area (Å²) in [7, 11) is 0. The van der Waals surface area contributed by atoms with E-state index in [0.29, 0.717) is 6.04 Å². The Hall–Kier alpha value is -0.570. The predicted molar refractivity (Wildman–Crippen MR) is 58.2 cm³/mol. The molecule has 1 fully saturated rings. The molecule has 1 atom stereocenters. The van der Waals surface area contributed by atoms with Crippen molar-refractivity contribution in [3.05, 3.63) is 0 Å². The van der Waals surface area contributed by atoms with Crippen LogP contribution in [0.4, 0.5) is 0 Å².